The Morgan fingerprint density at radius 1 is 1.47 bits per heavy atom. The number of benzene rings is 1. The molecule has 0 saturated heterocycles. The summed E-state index contributed by atoms with van der Waals surface area (Å²) in [6, 6.07) is 8.10. The highest BCUT2D eigenvalue weighted by Gasteiger charge is 2.13. The van der Waals surface area contributed by atoms with E-state index in [2.05, 4.69) is 15.6 Å². The Kier molecular flexibility index (Phi) is 4.47. The van der Waals surface area contributed by atoms with E-state index in [9.17, 15) is 4.79 Å². The Morgan fingerprint density at radius 2 is 2.21 bits per heavy atom. The molecule has 0 amide bonds. The lowest BCUT2D eigenvalue weighted by atomic mass is 10.3. The lowest BCUT2D eigenvalue weighted by Crippen LogP contribution is -2.16. The number of methoxy groups -OCH3 is 1. The number of hydrogen-bond acceptors (Lipinski definition) is 4. The molecule has 19 heavy (non-hydrogen) atoms. The molecule has 2 aromatic rings. The van der Waals surface area contributed by atoms with Gasteiger partial charge in [0.05, 0.1) is 23.4 Å². The number of aryl methyl sites for hydroxylation is 2. The molecular formula is C14H18N2O2S. The predicted molar refractivity (Wildman–Crippen MR) is 78.4 cm³/mol. The quantitative estimate of drug-likeness (QED) is 0.789. The van der Waals surface area contributed by atoms with Crippen LogP contribution < -0.4 is 0 Å². The van der Waals surface area contributed by atoms with E-state index < -0.39 is 0 Å². The van der Waals surface area contributed by atoms with Crippen LogP contribution in [-0.4, -0.2) is 33.6 Å². The number of esters is 1. The normalized spacial score (nSPS) is 12.6. The number of fused-ring (bicyclic) bond motifs is 1. The Morgan fingerprint density at radius 3 is 2.95 bits per heavy atom. The molecule has 0 saturated carbocycles. The van der Waals surface area contributed by atoms with Crippen LogP contribution in [0.5, 0.6) is 0 Å². The van der Waals surface area contributed by atoms with Gasteiger partial charge in [0.1, 0.15) is 5.82 Å². The van der Waals surface area contributed by atoms with Gasteiger partial charge < -0.3 is 9.30 Å². The number of rotatable bonds is 5. The zero-order valence-electron chi connectivity index (χ0n) is 11.4. The zero-order valence-corrected chi connectivity index (χ0v) is 12.2. The van der Waals surface area contributed by atoms with Gasteiger partial charge in [0, 0.05) is 12.3 Å². The smallest absolute Gasteiger partial charge is 0.318 e. The van der Waals surface area contributed by atoms with Crippen LogP contribution in [0.15, 0.2) is 24.3 Å². The molecule has 0 bridgehead atoms. The van der Waals surface area contributed by atoms with Crippen LogP contribution >= 0.6 is 11.8 Å². The topological polar surface area (TPSA) is 44.1 Å². The van der Waals surface area contributed by atoms with Gasteiger partial charge in [0.2, 0.25) is 0 Å². The highest BCUT2D eigenvalue weighted by atomic mass is 32.2. The van der Waals surface area contributed by atoms with Crippen molar-refractivity contribution in [2.75, 3.05) is 12.9 Å². The van der Waals surface area contributed by atoms with Crippen LogP contribution in [0.1, 0.15) is 12.7 Å². The number of thioether (sulfide) groups is 1. The second-order valence-corrected chi connectivity index (χ2v) is 5.78. The van der Waals surface area contributed by atoms with Crippen LogP contribution in [0.25, 0.3) is 11.0 Å². The van der Waals surface area contributed by atoms with Crippen molar-refractivity contribution in [3.05, 3.63) is 30.1 Å². The van der Waals surface area contributed by atoms with Gasteiger partial charge in [0.25, 0.3) is 0 Å². The first-order valence-electron chi connectivity index (χ1n) is 6.24. The summed E-state index contributed by atoms with van der Waals surface area (Å²) in [6.07, 6.45) is 0. The number of nitrogens with zero attached hydrogens (tertiary/aromatic N) is 2. The maximum atomic E-state index is 11.3. The molecular weight excluding hydrogens is 260 g/mol. The van der Waals surface area contributed by atoms with Gasteiger partial charge in [-0.25, -0.2) is 4.98 Å². The van der Waals surface area contributed by atoms with Crippen molar-refractivity contribution in [2.24, 2.45) is 0 Å². The van der Waals surface area contributed by atoms with E-state index in [0.29, 0.717) is 0 Å². The van der Waals surface area contributed by atoms with Crippen molar-refractivity contribution in [2.45, 2.75) is 25.6 Å². The third-order valence-corrected chi connectivity index (χ3v) is 4.17. The molecule has 0 aliphatic rings. The maximum absolute atomic E-state index is 11.3. The minimum Gasteiger partial charge on any atom is -0.468 e. The Balaban J connectivity index is 2.02. The molecule has 1 heterocycles. The van der Waals surface area contributed by atoms with Crippen LogP contribution in [-0.2, 0) is 16.1 Å². The zero-order chi connectivity index (χ0) is 13.8. The summed E-state index contributed by atoms with van der Waals surface area (Å²) >= 11 is 1.60. The minimum absolute atomic E-state index is 0.125. The highest BCUT2D eigenvalue weighted by Crippen LogP contribution is 2.18. The molecule has 1 atom stereocenters. The van der Waals surface area contributed by atoms with E-state index in [-0.39, 0.29) is 11.2 Å². The van der Waals surface area contributed by atoms with Gasteiger partial charge in [-0.1, -0.05) is 12.1 Å². The molecule has 1 unspecified atom stereocenters. The summed E-state index contributed by atoms with van der Waals surface area (Å²) in [5, 5.41) is -0.125. The first-order valence-corrected chi connectivity index (χ1v) is 7.29. The molecule has 0 aliphatic heterocycles. The highest BCUT2D eigenvalue weighted by molar-refractivity contribution is 8.00. The van der Waals surface area contributed by atoms with Gasteiger partial charge in [-0.15, -0.1) is 11.8 Å². The summed E-state index contributed by atoms with van der Waals surface area (Å²) in [4.78, 5) is 15.8. The summed E-state index contributed by atoms with van der Waals surface area (Å²) in [5.41, 5.74) is 2.16. The number of carbonyl (C=O) groups is 1. The van der Waals surface area contributed by atoms with Crippen molar-refractivity contribution in [1.82, 2.24) is 9.55 Å². The van der Waals surface area contributed by atoms with E-state index in [4.69, 9.17) is 4.74 Å². The van der Waals surface area contributed by atoms with Gasteiger partial charge in [0.15, 0.2) is 0 Å². The first-order chi connectivity index (χ1) is 9.13. The molecule has 0 fully saturated rings. The molecule has 0 N–H and O–H groups in total. The lowest BCUT2D eigenvalue weighted by Gasteiger charge is -2.10. The van der Waals surface area contributed by atoms with E-state index in [1.807, 2.05) is 32.0 Å². The standard InChI is InChI=1S/C14H18N2O2S/c1-10(14(17)18-3)19-9-8-16-11(2)15-12-6-4-5-7-13(12)16/h4-7,10H,8-9H2,1-3H3. The van der Waals surface area contributed by atoms with Gasteiger partial charge in [-0.05, 0) is 26.0 Å². The fourth-order valence-corrected chi connectivity index (χ4v) is 2.91. The van der Waals surface area contributed by atoms with Gasteiger partial charge in [-0.2, -0.15) is 0 Å². The van der Waals surface area contributed by atoms with E-state index in [1.165, 1.54) is 7.11 Å². The number of ether oxygens (including phenoxy) is 1. The predicted octanol–water partition coefficient (Wildman–Crippen LogP) is 2.64. The molecule has 1 aromatic heterocycles. The molecule has 4 nitrogen and oxygen atoms in total. The average Bonchev–Trinajstić information content (AvgIpc) is 2.74. The number of imidazole rings is 1. The third kappa shape index (κ3) is 3.10. The van der Waals surface area contributed by atoms with Crippen LogP contribution in [0.4, 0.5) is 0 Å². The van der Waals surface area contributed by atoms with E-state index in [1.54, 1.807) is 11.8 Å². The Hall–Kier alpha value is -1.49. The third-order valence-electron chi connectivity index (χ3n) is 3.06. The number of aromatic nitrogens is 2. The molecule has 0 spiro atoms. The summed E-state index contributed by atoms with van der Waals surface area (Å²) in [6.45, 7) is 4.72. The van der Waals surface area contributed by atoms with Crippen molar-refractivity contribution >= 4 is 28.8 Å². The Bertz CT molecular complexity index is 580. The molecule has 5 heteroatoms. The lowest BCUT2D eigenvalue weighted by molar-refractivity contribution is -0.139. The second kappa shape index (κ2) is 6.10. The monoisotopic (exact) mass is 278 g/mol. The van der Waals surface area contributed by atoms with Crippen molar-refractivity contribution in [3.63, 3.8) is 0 Å². The first kappa shape index (κ1) is 13.9. The van der Waals surface area contributed by atoms with Crippen molar-refractivity contribution < 1.29 is 9.53 Å². The van der Waals surface area contributed by atoms with Crippen molar-refractivity contribution in [3.8, 4) is 0 Å². The number of hydrogen-bond donors (Lipinski definition) is 0. The molecule has 102 valence electrons. The SMILES string of the molecule is COC(=O)C(C)SCCn1c(C)nc2ccccc21. The molecule has 1 aromatic carbocycles. The fraction of sp³-hybridized carbons (Fsp3) is 0.429. The van der Waals surface area contributed by atoms with Crippen LogP contribution in [0.3, 0.4) is 0 Å². The number of para-hydroxylation sites is 2. The summed E-state index contributed by atoms with van der Waals surface area (Å²) < 4.78 is 6.90. The average molecular weight is 278 g/mol. The second-order valence-electron chi connectivity index (χ2n) is 4.34. The van der Waals surface area contributed by atoms with E-state index >= 15 is 0 Å². The van der Waals surface area contributed by atoms with Crippen LogP contribution in [0.2, 0.25) is 0 Å². The number of carbonyl (C=O) groups excluding carboxylic acids is 1. The largest absolute Gasteiger partial charge is 0.468 e. The molecule has 0 radical (unpaired) electrons. The van der Waals surface area contributed by atoms with Gasteiger partial charge >= 0.3 is 5.97 Å². The molecule has 2 rings (SSSR count). The van der Waals surface area contributed by atoms with Gasteiger partial charge in [-0.3, -0.25) is 4.79 Å². The van der Waals surface area contributed by atoms with Crippen LogP contribution in [0, 0.1) is 6.92 Å². The Labute approximate surface area is 117 Å². The molecule has 0 aliphatic carbocycles. The fourth-order valence-electron chi connectivity index (χ4n) is 2.03. The maximum Gasteiger partial charge on any atom is 0.318 e. The van der Waals surface area contributed by atoms with E-state index in [0.717, 1.165) is 29.2 Å². The van der Waals surface area contributed by atoms with Crippen molar-refractivity contribution in [1.29, 1.82) is 0 Å². The minimum atomic E-state index is -0.169. The summed E-state index contributed by atoms with van der Waals surface area (Å²) in [5.74, 6) is 1.70. The summed E-state index contributed by atoms with van der Waals surface area (Å²) in [7, 11) is 1.42.